The standard InChI is InChI=1S/C20H15F2N3/c1-13-4-2-7-18-19(13)24-20(14-8-10-23-11-9-14)25(18)12-15-16(21)5-3-6-17(15)22/h2-11H,12H2,1H3. The summed E-state index contributed by atoms with van der Waals surface area (Å²) in [7, 11) is 0. The number of halogens is 2. The van der Waals surface area contributed by atoms with Gasteiger partial charge in [0.2, 0.25) is 0 Å². The van der Waals surface area contributed by atoms with Crippen LogP contribution in [0.1, 0.15) is 11.1 Å². The molecule has 0 atom stereocenters. The van der Waals surface area contributed by atoms with Crippen molar-refractivity contribution in [2.75, 3.05) is 0 Å². The molecular formula is C20H15F2N3. The monoisotopic (exact) mass is 335 g/mol. The van der Waals surface area contributed by atoms with E-state index in [1.165, 1.54) is 18.2 Å². The van der Waals surface area contributed by atoms with E-state index in [1.54, 1.807) is 12.4 Å². The molecule has 0 aliphatic heterocycles. The third-order valence-electron chi connectivity index (χ3n) is 4.30. The molecule has 5 heteroatoms. The van der Waals surface area contributed by atoms with Crippen LogP contribution in [0.5, 0.6) is 0 Å². The second kappa shape index (κ2) is 6.09. The van der Waals surface area contributed by atoms with Gasteiger partial charge < -0.3 is 4.57 Å². The summed E-state index contributed by atoms with van der Waals surface area (Å²) in [5.74, 6) is -0.459. The molecule has 25 heavy (non-hydrogen) atoms. The van der Waals surface area contributed by atoms with Gasteiger partial charge in [0, 0.05) is 23.5 Å². The predicted molar refractivity (Wildman–Crippen MR) is 93.2 cm³/mol. The molecule has 0 N–H and O–H groups in total. The van der Waals surface area contributed by atoms with E-state index in [2.05, 4.69) is 4.98 Å². The molecule has 4 rings (SSSR count). The van der Waals surface area contributed by atoms with Gasteiger partial charge in [-0.2, -0.15) is 0 Å². The third kappa shape index (κ3) is 2.67. The van der Waals surface area contributed by atoms with Gasteiger partial charge in [-0.05, 0) is 42.8 Å². The van der Waals surface area contributed by atoms with E-state index in [0.717, 1.165) is 22.2 Å². The highest BCUT2D eigenvalue weighted by Gasteiger charge is 2.17. The summed E-state index contributed by atoms with van der Waals surface area (Å²) in [5, 5.41) is 0. The maximum absolute atomic E-state index is 14.2. The second-order valence-electron chi connectivity index (χ2n) is 5.90. The first-order chi connectivity index (χ1) is 12.1. The summed E-state index contributed by atoms with van der Waals surface area (Å²) in [4.78, 5) is 8.76. The quantitative estimate of drug-likeness (QED) is 0.542. The van der Waals surface area contributed by atoms with E-state index < -0.39 is 11.6 Å². The number of para-hydroxylation sites is 1. The minimum Gasteiger partial charge on any atom is -0.319 e. The van der Waals surface area contributed by atoms with Crippen molar-refractivity contribution in [3.8, 4) is 11.4 Å². The number of aryl methyl sites for hydroxylation is 1. The van der Waals surface area contributed by atoms with Gasteiger partial charge in [0.15, 0.2) is 0 Å². The van der Waals surface area contributed by atoms with E-state index in [4.69, 9.17) is 4.98 Å². The SMILES string of the molecule is Cc1cccc2c1nc(-c1ccncc1)n2Cc1c(F)cccc1F. The Hall–Kier alpha value is -3.08. The predicted octanol–water partition coefficient (Wildman–Crippen LogP) is 4.73. The lowest BCUT2D eigenvalue weighted by molar-refractivity contribution is 0.547. The van der Waals surface area contributed by atoms with Gasteiger partial charge in [0.1, 0.15) is 17.5 Å². The molecule has 0 aliphatic carbocycles. The van der Waals surface area contributed by atoms with Crippen molar-refractivity contribution < 1.29 is 8.78 Å². The highest BCUT2D eigenvalue weighted by molar-refractivity contribution is 5.83. The van der Waals surface area contributed by atoms with Gasteiger partial charge in [0.25, 0.3) is 0 Å². The largest absolute Gasteiger partial charge is 0.319 e. The van der Waals surface area contributed by atoms with Crippen molar-refractivity contribution in [3.05, 3.63) is 83.7 Å². The Labute approximate surface area is 143 Å². The van der Waals surface area contributed by atoms with E-state index >= 15 is 0 Å². The number of fused-ring (bicyclic) bond motifs is 1. The van der Waals surface area contributed by atoms with E-state index in [0.29, 0.717) is 5.82 Å². The zero-order valence-corrected chi connectivity index (χ0v) is 13.6. The molecule has 0 unspecified atom stereocenters. The molecule has 0 fully saturated rings. The van der Waals surface area contributed by atoms with Crippen LogP contribution in [0.3, 0.4) is 0 Å². The van der Waals surface area contributed by atoms with Crippen molar-refractivity contribution >= 4 is 11.0 Å². The van der Waals surface area contributed by atoms with Crippen LogP contribution in [0.4, 0.5) is 8.78 Å². The summed E-state index contributed by atoms with van der Waals surface area (Å²) in [6, 6.07) is 13.4. The molecule has 2 heterocycles. The summed E-state index contributed by atoms with van der Waals surface area (Å²) < 4.78 is 30.2. The number of rotatable bonds is 3. The highest BCUT2D eigenvalue weighted by Crippen LogP contribution is 2.28. The molecule has 0 saturated heterocycles. The lowest BCUT2D eigenvalue weighted by Gasteiger charge is -2.11. The maximum Gasteiger partial charge on any atom is 0.141 e. The summed E-state index contributed by atoms with van der Waals surface area (Å²) in [6.07, 6.45) is 3.35. The summed E-state index contributed by atoms with van der Waals surface area (Å²) in [5.41, 5.74) is 3.56. The molecule has 0 radical (unpaired) electrons. The van der Waals surface area contributed by atoms with E-state index in [1.807, 2.05) is 41.8 Å². The van der Waals surface area contributed by atoms with Crippen LogP contribution in [0.15, 0.2) is 60.9 Å². The van der Waals surface area contributed by atoms with E-state index in [-0.39, 0.29) is 12.1 Å². The van der Waals surface area contributed by atoms with Crippen LogP contribution in [0.25, 0.3) is 22.4 Å². The summed E-state index contributed by atoms with van der Waals surface area (Å²) >= 11 is 0. The normalized spacial score (nSPS) is 11.2. The minimum absolute atomic E-state index is 0.0265. The van der Waals surface area contributed by atoms with Gasteiger partial charge in [-0.3, -0.25) is 4.98 Å². The first-order valence-corrected chi connectivity index (χ1v) is 7.94. The first kappa shape index (κ1) is 15.4. The van der Waals surface area contributed by atoms with Crippen LogP contribution in [-0.4, -0.2) is 14.5 Å². The van der Waals surface area contributed by atoms with Crippen molar-refractivity contribution in [2.45, 2.75) is 13.5 Å². The number of hydrogen-bond donors (Lipinski definition) is 0. The van der Waals surface area contributed by atoms with Gasteiger partial charge in [0.05, 0.1) is 17.6 Å². The van der Waals surface area contributed by atoms with Gasteiger partial charge >= 0.3 is 0 Å². The molecule has 0 saturated carbocycles. The van der Waals surface area contributed by atoms with Crippen LogP contribution in [0, 0.1) is 18.6 Å². The maximum atomic E-state index is 14.2. The molecule has 0 spiro atoms. The van der Waals surface area contributed by atoms with Crippen LogP contribution in [0.2, 0.25) is 0 Å². The zero-order valence-electron chi connectivity index (χ0n) is 13.6. The smallest absolute Gasteiger partial charge is 0.141 e. The molecule has 2 aromatic carbocycles. The Morgan fingerprint density at radius 2 is 1.60 bits per heavy atom. The fourth-order valence-electron chi connectivity index (χ4n) is 3.01. The Morgan fingerprint density at radius 3 is 2.32 bits per heavy atom. The van der Waals surface area contributed by atoms with Crippen molar-refractivity contribution in [1.82, 2.24) is 14.5 Å². The van der Waals surface area contributed by atoms with Crippen LogP contribution >= 0.6 is 0 Å². The lowest BCUT2D eigenvalue weighted by atomic mass is 10.1. The number of hydrogen-bond acceptors (Lipinski definition) is 2. The number of pyridine rings is 1. The topological polar surface area (TPSA) is 30.7 Å². The molecule has 2 aromatic heterocycles. The highest BCUT2D eigenvalue weighted by atomic mass is 19.1. The number of imidazole rings is 1. The fourth-order valence-corrected chi connectivity index (χ4v) is 3.01. The average Bonchev–Trinajstić information content (AvgIpc) is 2.99. The Kier molecular flexibility index (Phi) is 3.76. The first-order valence-electron chi connectivity index (χ1n) is 7.94. The number of aromatic nitrogens is 3. The second-order valence-corrected chi connectivity index (χ2v) is 5.90. The van der Waals surface area contributed by atoms with Crippen molar-refractivity contribution in [1.29, 1.82) is 0 Å². The van der Waals surface area contributed by atoms with Crippen molar-refractivity contribution in [2.24, 2.45) is 0 Å². The van der Waals surface area contributed by atoms with Crippen LogP contribution in [-0.2, 0) is 6.54 Å². The molecule has 0 bridgehead atoms. The van der Waals surface area contributed by atoms with Gasteiger partial charge in [-0.1, -0.05) is 18.2 Å². The number of benzene rings is 2. The van der Waals surface area contributed by atoms with Crippen molar-refractivity contribution in [3.63, 3.8) is 0 Å². The molecule has 124 valence electrons. The van der Waals surface area contributed by atoms with Crippen LogP contribution < -0.4 is 0 Å². The molecule has 3 nitrogen and oxygen atoms in total. The molecular weight excluding hydrogens is 320 g/mol. The minimum atomic E-state index is -0.560. The van der Waals surface area contributed by atoms with Gasteiger partial charge in [-0.15, -0.1) is 0 Å². The zero-order chi connectivity index (χ0) is 17.4. The summed E-state index contributed by atoms with van der Waals surface area (Å²) in [6.45, 7) is 2.04. The molecule has 0 amide bonds. The Morgan fingerprint density at radius 1 is 0.920 bits per heavy atom. The van der Waals surface area contributed by atoms with Gasteiger partial charge in [-0.25, -0.2) is 13.8 Å². The molecule has 0 aliphatic rings. The number of nitrogens with zero attached hydrogens (tertiary/aromatic N) is 3. The third-order valence-corrected chi connectivity index (χ3v) is 4.30. The Balaban J connectivity index is 1.97. The average molecular weight is 335 g/mol. The fraction of sp³-hybridized carbons (Fsp3) is 0.100. The van der Waals surface area contributed by atoms with E-state index in [9.17, 15) is 8.78 Å². The molecule has 4 aromatic rings. The lowest BCUT2D eigenvalue weighted by Crippen LogP contribution is -2.06. The Bertz CT molecular complexity index is 1040.